The minimum Gasteiger partial charge on any atom is -0.449 e. The smallest absolute Gasteiger partial charge is 0.410 e. The van der Waals surface area contributed by atoms with Crippen LogP contribution in [0.1, 0.15) is 51.0 Å². The Morgan fingerprint density at radius 1 is 1.32 bits per heavy atom. The highest BCUT2D eigenvalue weighted by Gasteiger charge is 2.26. The molecule has 1 amide bonds. The second-order valence-electron chi connectivity index (χ2n) is 5.86. The quantitative estimate of drug-likeness (QED) is 0.701. The number of amides is 1. The van der Waals surface area contributed by atoms with Crippen molar-refractivity contribution in [3.05, 3.63) is 42.0 Å². The van der Waals surface area contributed by atoms with Gasteiger partial charge >= 0.3 is 6.09 Å². The summed E-state index contributed by atoms with van der Waals surface area (Å²) in [4.78, 5) is 14.1. The molecule has 1 aromatic carbocycles. The van der Waals surface area contributed by atoms with Crippen molar-refractivity contribution in [3.8, 4) is 0 Å². The first-order valence-electron chi connectivity index (χ1n) is 8.46. The van der Waals surface area contributed by atoms with E-state index in [1.807, 2.05) is 23.1 Å². The summed E-state index contributed by atoms with van der Waals surface area (Å²) in [7, 11) is 0. The fourth-order valence-electron chi connectivity index (χ4n) is 2.80. The lowest BCUT2D eigenvalue weighted by atomic mass is 9.99. The highest BCUT2D eigenvalue weighted by Crippen LogP contribution is 2.21. The topological polar surface area (TPSA) is 29.5 Å². The first kappa shape index (κ1) is 16.6. The van der Waals surface area contributed by atoms with Gasteiger partial charge < -0.3 is 9.64 Å². The van der Waals surface area contributed by atoms with Crippen molar-refractivity contribution in [2.45, 2.75) is 51.5 Å². The Morgan fingerprint density at radius 2 is 2.14 bits per heavy atom. The maximum absolute atomic E-state index is 12.2. The molecule has 1 atom stereocenters. The van der Waals surface area contributed by atoms with Gasteiger partial charge in [-0.25, -0.2) is 4.79 Å². The number of unbranched alkanes of at least 4 members (excludes halogenated alkanes) is 1. The van der Waals surface area contributed by atoms with E-state index >= 15 is 0 Å². The summed E-state index contributed by atoms with van der Waals surface area (Å²) in [6.45, 7) is 3.47. The van der Waals surface area contributed by atoms with Crippen molar-refractivity contribution in [3.63, 3.8) is 0 Å². The van der Waals surface area contributed by atoms with Gasteiger partial charge in [0.1, 0.15) is 0 Å². The van der Waals surface area contributed by atoms with Crippen LogP contribution in [0.2, 0.25) is 0 Å². The van der Waals surface area contributed by atoms with Crippen LogP contribution in [0.3, 0.4) is 0 Å². The average molecular weight is 301 g/mol. The molecule has 0 bridgehead atoms. The predicted molar refractivity (Wildman–Crippen MR) is 90.7 cm³/mol. The van der Waals surface area contributed by atoms with Gasteiger partial charge in [0.25, 0.3) is 0 Å². The van der Waals surface area contributed by atoms with Crippen molar-refractivity contribution >= 4 is 12.2 Å². The molecule has 0 saturated carbocycles. The SMILES string of the molecule is CCCCOC(=O)N1CCCCC1CC=Cc1ccccc1. The van der Waals surface area contributed by atoms with E-state index < -0.39 is 0 Å². The minimum atomic E-state index is -0.133. The Bertz CT molecular complexity index is 470. The van der Waals surface area contributed by atoms with Crippen LogP contribution < -0.4 is 0 Å². The van der Waals surface area contributed by atoms with E-state index in [4.69, 9.17) is 4.74 Å². The molecule has 1 heterocycles. The van der Waals surface area contributed by atoms with Crippen LogP contribution in [0.4, 0.5) is 4.79 Å². The lowest BCUT2D eigenvalue weighted by Gasteiger charge is -2.34. The van der Waals surface area contributed by atoms with Crippen molar-refractivity contribution < 1.29 is 9.53 Å². The maximum Gasteiger partial charge on any atom is 0.410 e. The van der Waals surface area contributed by atoms with Crippen molar-refractivity contribution in [1.29, 1.82) is 0 Å². The summed E-state index contributed by atoms with van der Waals surface area (Å²) < 4.78 is 5.38. The molecule has 0 spiro atoms. The van der Waals surface area contributed by atoms with Crippen molar-refractivity contribution in [1.82, 2.24) is 4.90 Å². The molecule has 1 saturated heterocycles. The Labute approximate surface area is 134 Å². The van der Waals surface area contributed by atoms with Gasteiger partial charge in [-0.15, -0.1) is 0 Å². The van der Waals surface area contributed by atoms with E-state index in [0.717, 1.165) is 38.6 Å². The Hall–Kier alpha value is -1.77. The van der Waals surface area contributed by atoms with Crippen LogP contribution in [0.25, 0.3) is 6.08 Å². The van der Waals surface area contributed by atoms with E-state index in [-0.39, 0.29) is 12.1 Å². The molecule has 1 aromatic rings. The molecular formula is C19H27NO2. The van der Waals surface area contributed by atoms with E-state index in [1.165, 1.54) is 12.0 Å². The fourth-order valence-corrected chi connectivity index (χ4v) is 2.80. The van der Waals surface area contributed by atoms with Crippen LogP contribution in [0.5, 0.6) is 0 Å². The summed E-state index contributed by atoms with van der Waals surface area (Å²) in [5.74, 6) is 0. The lowest BCUT2D eigenvalue weighted by Crippen LogP contribution is -2.43. The van der Waals surface area contributed by atoms with E-state index in [0.29, 0.717) is 6.61 Å². The third-order valence-corrected chi connectivity index (χ3v) is 4.10. The Morgan fingerprint density at radius 3 is 2.91 bits per heavy atom. The van der Waals surface area contributed by atoms with Gasteiger partial charge in [0.05, 0.1) is 6.61 Å². The Balaban J connectivity index is 1.86. The second-order valence-corrected chi connectivity index (χ2v) is 5.86. The summed E-state index contributed by atoms with van der Waals surface area (Å²) in [5.41, 5.74) is 1.20. The van der Waals surface area contributed by atoms with Crippen LogP contribution in [0.15, 0.2) is 36.4 Å². The first-order valence-corrected chi connectivity index (χ1v) is 8.46. The number of likely N-dealkylation sites (tertiary alicyclic amines) is 1. The molecule has 3 heteroatoms. The van der Waals surface area contributed by atoms with E-state index in [1.54, 1.807) is 0 Å². The normalized spacial score (nSPS) is 18.6. The summed E-state index contributed by atoms with van der Waals surface area (Å²) >= 11 is 0. The third-order valence-electron chi connectivity index (χ3n) is 4.10. The lowest BCUT2D eigenvalue weighted by molar-refractivity contribution is 0.0729. The summed E-state index contributed by atoms with van der Waals surface area (Å²) in [6, 6.07) is 10.6. The number of hydrogen-bond donors (Lipinski definition) is 0. The van der Waals surface area contributed by atoms with Crippen LogP contribution in [-0.2, 0) is 4.74 Å². The first-order chi connectivity index (χ1) is 10.8. The minimum absolute atomic E-state index is 0.133. The third kappa shape index (κ3) is 5.21. The summed E-state index contributed by atoms with van der Waals surface area (Å²) in [6.07, 6.45) is 10.4. The molecule has 0 N–H and O–H groups in total. The summed E-state index contributed by atoms with van der Waals surface area (Å²) in [5, 5.41) is 0. The zero-order chi connectivity index (χ0) is 15.6. The van der Waals surface area contributed by atoms with E-state index in [9.17, 15) is 4.79 Å². The number of rotatable bonds is 6. The average Bonchev–Trinajstić information content (AvgIpc) is 2.56. The van der Waals surface area contributed by atoms with Gasteiger partial charge in [-0.2, -0.15) is 0 Å². The molecule has 120 valence electrons. The van der Waals surface area contributed by atoms with Crippen LogP contribution in [-0.4, -0.2) is 30.2 Å². The molecule has 0 aromatic heterocycles. The van der Waals surface area contributed by atoms with Gasteiger partial charge in [-0.1, -0.05) is 55.8 Å². The van der Waals surface area contributed by atoms with Gasteiger partial charge in [0.2, 0.25) is 0 Å². The standard InChI is InChI=1S/C19H27NO2/c1-2-3-16-22-19(21)20-15-8-7-13-18(20)14-9-12-17-10-5-4-6-11-17/h4-6,9-12,18H,2-3,7-8,13-16H2,1H3. The molecule has 1 aliphatic rings. The number of hydrogen-bond acceptors (Lipinski definition) is 2. The number of nitrogens with zero attached hydrogens (tertiary/aromatic N) is 1. The molecule has 3 nitrogen and oxygen atoms in total. The highest BCUT2D eigenvalue weighted by molar-refractivity contribution is 5.68. The molecule has 2 rings (SSSR count). The van der Waals surface area contributed by atoms with Gasteiger partial charge in [0.15, 0.2) is 0 Å². The number of carbonyl (C=O) groups is 1. The van der Waals surface area contributed by atoms with Gasteiger partial charge in [-0.3, -0.25) is 0 Å². The molecule has 1 aliphatic heterocycles. The zero-order valence-corrected chi connectivity index (χ0v) is 13.5. The monoisotopic (exact) mass is 301 g/mol. The van der Waals surface area contributed by atoms with E-state index in [2.05, 4.69) is 31.2 Å². The van der Waals surface area contributed by atoms with Crippen molar-refractivity contribution in [2.75, 3.05) is 13.2 Å². The van der Waals surface area contributed by atoms with Gasteiger partial charge in [0, 0.05) is 12.6 Å². The molecule has 0 aliphatic carbocycles. The zero-order valence-electron chi connectivity index (χ0n) is 13.5. The number of carbonyl (C=O) groups excluding carboxylic acids is 1. The number of ether oxygens (including phenoxy) is 1. The number of piperidine rings is 1. The van der Waals surface area contributed by atoms with Crippen LogP contribution >= 0.6 is 0 Å². The molecule has 0 radical (unpaired) electrons. The molecule has 1 unspecified atom stereocenters. The molecule has 22 heavy (non-hydrogen) atoms. The molecular weight excluding hydrogens is 274 g/mol. The number of benzene rings is 1. The highest BCUT2D eigenvalue weighted by atomic mass is 16.6. The largest absolute Gasteiger partial charge is 0.449 e. The van der Waals surface area contributed by atoms with Crippen molar-refractivity contribution in [2.24, 2.45) is 0 Å². The Kier molecular flexibility index (Phi) is 7.01. The fraction of sp³-hybridized carbons (Fsp3) is 0.526. The molecule has 1 fully saturated rings. The second kappa shape index (κ2) is 9.29. The van der Waals surface area contributed by atoms with Gasteiger partial charge in [-0.05, 0) is 37.7 Å². The maximum atomic E-state index is 12.2. The van der Waals surface area contributed by atoms with Crippen LogP contribution in [0, 0.1) is 0 Å². The predicted octanol–water partition coefficient (Wildman–Crippen LogP) is 4.88.